The number of rotatable bonds is 5. The average Bonchev–Trinajstić information content (AvgIpc) is 3.10. The smallest absolute Gasteiger partial charge is 0.412 e. The van der Waals surface area contributed by atoms with Crippen LogP contribution in [0.1, 0.15) is 24.2 Å². The third kappa shape index (κ3) is 4.26. The van der Waals surface area contributed by atoms with Gasteiger partial charge in [-0.1, -0.05) is 63.6 Å². The number of hydrogen-bond acceptors (Lipinski definition) is 4. The van der Waals surface area contributed by atoms with Crippen molar-refractivity contribution in [2.24, 2.45) is 0 Å². The van der Waals surface area contributed by atoms with Gasteiger partial charge in [-0.25, -0.2) is 4.79 Å². The molecule has 0 spiro atoms. The highest BCUT2D eigenvalue weighted by atomic mass is 79.9. The normalized spacial score (nSPS) is 11.8. The van der Waals surface area contributed by atoms with Gasteiger partial charge in [-0.15, -0.1) is 11.6 Å². The molecule has 0 radical (unpaired) electrons. The molecule has 0 saturated heterocycles. The number of anilines is 1. The van der Waals surface area contributed by atoms with Crippen molar-refractivity contribution in [1.82, 2.24) is 5.16 Å². The van der Waals surface area contributed by atoms with Gasteiger partial charge in [0.2, 0.25) is 0 Å². The second-order valence-electron chi connectivity index (χ2n) is 5.60. The van der Waals surface area contributed by atoms with Crippen LogP contribution >= 0.6 is 27.5 Å². The molecule has 5 nitrogen and oxygen atoms in total. The molecule has 0 aliphatic heterocycles. The number of alkyl halides is 1. The highest BCUT2D eigenvalue weighted by Gasteiger charge is 2.17. The fraction of sp³-hybridized carbons (Fsp3) is 0.158. The molecule has 3 aromatic rings. The molecule has 134 valence electrons. The van der Waals surface area contributed by atoms with Gasteiger partial charge in [-0.3, -0.25) is 5.32 Å². The molecule has 0 fully saturated rings. The van der Waals surface area contributed by atoms with Crippen LogP contribution in [0.15, 0.2) is 63.8 Å². The molecule has 0 aliphatic carbocycles. The lowest BCUT2D eigenvalue weighted by molar-refractivity contribution is 0.121. The summed E-state index contributed by atoms with van der Waals surface area (Å²) in [4.78, 5) is 12.3. The van der Waals surface area contributed by atoms with E-state index in [-0.39, 0.29) is 0 Å². The number of halogens is 2. The van der Waals surface area contributed by atoms with E-state index in [9.17, 15) is 4.79 Å². The number of amides is 1. The monoisotopic (exact) mass is 434 g/mol. The van der Waals surface area contributed by atoms with Crippen molar-refractivity contribution in [2.45, 2.75) is 18.9 Å². The lowest BCUT2D eigenvalue weighted by atomic mass is 10.1. The molecule has 26 heavy (non-hydrogen) atoms. The van der Waals surface area contributed by atoms with E-state index in [0.717, 1.165) is 21.2 Å². The Morgan fingerprint density at radius 3 is 2.69 bits per heavy atom. The summed E-state index contributed by atoms with van der Waals surface area (Å²) >= 11 is 9.26. The summed E-state index contributed by atoms with van der Waals surface area (Å²) < 4.78 is 11.3. The third-order valence-corrected chi connectivity index (χ3v) is 4.85. The maximum Gasteiger partial charge on any atom is 0.412 e. The molecule has 1 amide bonds. The Bertz CT molecular complexity index is 896. The predicted octanol–water partition coefficient (Wildman–Crippen LogP) is 6.15. The first-order valence-corrected chi connectivity index (χ1v) is 9.23. The van der Waals surface area contributed by atoms with Crippen LogP contribution in [0.4, 0.5) is 10.5 Å². The number of nitrogens with one attached hydrogen (secondary N) is 1. The molecule has 0 aliphatic rings. The number of carbonyl (C=O) groups excluding carboxylic acids is 1. The molecule has 0 unspecified atom stereocenters. The van der Waals surface area contributed by atoms with Crippen LogP contribution in [0.25, 0.3) is 11.3 Å². The summed E-state index contributed by atoms with van der Waals surface area (Å²) in [5, 5.41) is 6.64. The molecule has 0 saturated carbocycles. The molecule has 1 atom stereocenters. The Morgan fingerprint density at radius 2 is 2.00 bits per heavy atom. The number of ether oxygens (including phenoxy) is 1. The molecule has 1 heterocycles. The largest absolute Gasteiger partial charge is 0.441 e. The molecular formula is C19H16BrClN2O3. The van der Waals surface area contributed by atoms with Gasteiger partial charge in [0.1, 0.15) is 23.7 Å². The highest BCUT2D eigenvalue weighted by molar-refractivity contribution is 9.10. The van der Waals surface area contributed by atoms with Crippen molar-refractivity contribution in [3.63, 3.8) is 0 Å². The number of carbonyl (C=O) groups is 1. The Hall–Kier alpha value is -2.31. The van der Waals surface area contributed by atoms with Gasteiger partial charge in [-0.2, -0.15) is 0 Å². The van der Waals surface area contributed by atoms with Gasteiger partial charge in [-0.05, 0) is 18.6 Å². The van der Waals surface area contributed by atoms with Crippen LogP contribution in [0.3, 0.4) is 0 Å². The fourth-order valence-electron chi connectivity index (χ4n) is 2.45. The highest BCUT2D eigenvalue weighted by Crippen LogP contribution is 2.29. The molecule has 7 heteroatoms. The van der Waals surface area contributed by atoms with E-state index >= 15 is 0 Å². The van der Waals surface area contributed by atoms with Gasteiger partial charge < -0.3 is 9.26 Å². The summed E-state index contributed by atoms with van der Waals surface area (Å²) in [6.07, 6.45) is 0.363. The zero-order chi connectivity index (χ0) is 18.5. The Labute approximate surface area is 164 Å². The van der Waals surface area contributed by atoms with Crippen LogP contribution in [0, 0.1) is 0 Å². The standard InChI is InChI=1S/C19H16BrClN2O3/c1-12(15-4-2-3-5-16(15)20)26-19(24)22-17-11-25-23-18(17)14-8-6-13(10-21)7-9-14/h2-9,11-12H,10H2,1H3,(H,22,24)/t12-/m1/s1. The zero-order valence-electron chi connectivity index (χ0n) is 13.9. The average molecular weight is 436 g/mol. The van der Waals surface area contributed by atoms with Gasteiger partial charge >= 0.3 is 6.09 Å². The van der Waals surface area contributed by atoms with E-state index in [1.807, 2.05) is 48.5 Å². The molecule has 2 aromatic carbocycles. The first-order valence-electron chi connectivity index (χ1n) is 7.90. The predicted molar refractivity (Wildman–Crippen MR) is 104 cm³/mol. The van der Waals surface area contributed by atoms with Gasteiger partial charge in [0.15, 0.2) is 0 Å². The van der Waals surface area contributed by atoms with Gasteiger partial charge in [0.05, 0.1) is 0 Å². The van der Waals surface area contributed by atoms with E-state index in [1.54, 1.807) is 6.92 Å². The second-order valence-corrected chi connectivity index (χ2v) is 6.72. The van der Waals surface area contributed by atoms with Crippen LogP contribution in [0.2, 0.25) is 0 Å². The third-order valence-electron chi connectivity index (χ3n) is 3.82. The van der Waals surface area contributed by atoms with Crippen molar-refractivity contribution in [1.29, 1.82) is 0 Å². The summed E-state index contributed by atoms with van der Waals surface area (Å²) in [6.45, 7) is 1.80. The number of aromatic nitrogens is 1. The zero-order valence-corrected chi connectivity index (χ0v) is 16.3. The topological polar surface area (TPSA) is 64.4 Å². The van der Waals surface area contributed by atoms with Crippen molar-refractivity contribution in [3.05, 3.63) is 70.4 Å². The molecular weight excluding hydrogens is 420 g/mol. The van der Waals surface area contributed by atoms with Crippen LogP contribution in [-0.4, -0.2) is 11.2 Å². The first kappa shape index (κ1) is 18.5. The number of benzene rings is 2. The lowest BCUT2D eigenvalue weighted by Crippen LogP contribution is -2.16. The number of hydrogen-bond donors (Lipinski definition) is 1. The van der Waals surface area contributed by atoms with Crippen LogP contribution in [-0.2, 0) is 10.6 Å². The Balaban J connectivity index is 1.70. The summed E-state index contributed by atoms with van der Waals surface area (Å²) in [6, 6.07) is 15.1. The lowest BCUT2D eigenvalue weighted by Gasteiger charge is -2.15. The quantitative estimate of drug-likeness (QED) is 0.488. The van der Waals surface area contributed by atoms with Crippen molar-refractivity contribution in [2.75, 3.05) is 5.32 Å². The molecule has 1 N–H and O–H groups in total. The maximum absolute atomic E-state index is 12.3. The minimum atomic E-state index is -0.588. The van der Waals surface area contributed by atoms with Crippen molar-refractivity contribution < 1.29 is 14.1 Å². The fourth-order valence-corrected chi connectivity index (χ4v) is 3.24. The Kier molecular flexibility index (Phi) is 5.96. The van der Waals surface area contributed by atoms with Crippen LogP contribution < -0.4 is 5.32 Å². The van der Waals surface area contributed by atoms with E-state index in [2.05, 4.69) is 26.4 Å². The Morgan fingerprint density at radius 1 is 1.27 bits per heavy atom. The van der Waals surface area contributed by atoms with Crippen LogP contribution in [0.5, 0.6) is 0 Å². The second kappa shape index (κ2) is 8.38. The molecule has 0 bridgehead atoms. The summed E-state index contributed by atoms with van der Waals surface area (Å²) in [7, 11) is 0. The van der Waals surface area contributed by atoms with Crippen molar-refractivity contribution >= 4 is 39.3 Å². The summed E-state index contributed by atoms with van der Waals surface area (Å²) in [5.74, 6) is 0.434. The van der Waals surface area contributed by atoms with Gasteiger partial charge in [0, 0.05) is 21.5 Å². The van der Waals surface area contributed by atoms with E-state index in [4.69, 9.17) is 20.9 Å². The first-order chi connectivity index (χ1) is 12.6. The minimum absolute atomic E-state index is 0.420. The SMILES string of the molecule is C[C@@H](OC(=O)Nc1conc1-c1ccc(CCl)cc1)c1ccccc1Br. The van der Waals surface area contributed by atoms with E-state index in [0.29, 0.717) is 17.3 Å². The minimum Gasteiger partial charge on any atom is -0.441 e. The molecule has 1 aromatic heterocycles. The van der Waals surface area contributed by atoms with Crippen molar-refractivity contribution in [3.8, 4) is 11.3 Å². The molecule has 3 rings (SSSR count). The van der Waals surface area contributed by atoms with E-state index in [1.165, 1.54) is 6.26 Å². The maximum atomic E-state index is 12.3. The summed E-state index contributed by atoms with van der Waals surface area (Å²) in [5.41, 5.74) is 3.64. The van der Waals surface area contributed by atoms with E-state index < -0.39 is 12.2 Å². The number of nitrogens with zero attached hydrogens (tertiary/aromatic N) is 1. The van der Waals surface area contributed by atoms with Gasteiger partial charge in [0.25, 0.3) is 0 Å².